The molecule has 0 bridgehead atoms. The standard InChI is InChI=1S/C15H22N4O3S/c1-15(2)7-5-10(6-8-15)13-17-12(18-22-13)11-9-16-19(3)14(11)23(4,20)21/h9-10H,5-8H2,1-4H3. The van der Waals surface area contributed by atoms with Gasteiger partial charge in [-0.25, -0.2) is 8.42 Å². The first-order valence-electron chi connectivity index (χ1n) is 7.73. The lowest BCUT2D eigenvalue weighted by atomic mass is 9.73. The maximum Gasteiger partial charge on any atom is 0.230 e. The molecule has 126 valence electrons. The Kier molecular flexibility index (Phi) is 3.82. The average molecular weight is 338 g/mol. The van der Waals surface area contributed by atoms with Gasteiger partial charge in [0.25, 0.3) is 0 Å². The Morgan fingerprint density at radius 3 is 2.57 bits per heavy atom. The van der Waals surface area contributed by atoms with Gasteiger partial charge in [0.2, 0.25) is 11.7 Å². The van der Waals surface area contributed by atoms with E-state index in [1.54, 1.807) is 7.05 Å². The first kappa shape index (κ1) is 16.2. The molecule has 2 aromatic rings. The van der Waals surface area contributed by atoms with Crippen LogP contribution < -0.4 is 0 Å². The summed E-state index contributed by atoms with van der Waals surface area (Å²) in [5.74, 6) is 1.14. The monoisotopic (exact) mass is 338 g/mol. The minimum atomic E-state index is -3.42. The van der Waals surface area contributed by atoms with E-state index in [9.17, 15) is 8.42 Å². The lowest BCUT2D eigenvalue weighted by Crippen LogP contribution is -2.20. The molecule has 1 fully saturated rings. The molecule has 0 spiro atoms. The van der Waals surface area contributed by atoms with Crippen molar-refractivity contribution in [3.05, 3.63) is 12.1 Å². The van der Waals surface area contributed by atoms with Gasteiger partial charge in [0, 0.05) is 19.2 Å². The molecule has 0 saturated heterocycles. The highest BCUT2D eigenvalue weighted by Gasteiger charge is 2.31. The lowest BCUT2D eigenvalue weighted by Gasteiger charge is -2.32. The van der Waals surface area contributed by atoms with Crippen LogP contribution in [0.5, 0.6) is 0 Å². The van der Waals surface area contributed by atoms with Gasteiger partial charge in [-0.3, -0.25) is 4.68 Å². The summed E-state index contributed by atoms with van der Waals surface area (Å²) in [6.07, 6.45) is 6.89. The maximum atomic E-state index is 11.9. The molecule has 0 amide bonds. The molecule has 0 aromatic carbocycles. The smallest absolute Gasteiger partial charge is 0.230 e. The molecule has 3 rings (SSSR count). The van der Waals surface area contributed by atoms with Crippen LogP contribution in [0, 0.1) is 5.41 Å². The highest BCUT2D eigenvalue weighted by Crippen LogP contribution is 2.42. The third kappa shape index (κ3) is 3.17. The van der Waals surface area contributed by atoms with Crippen LogP contribution in [0.2, 0.25) is 0 Å². The van der Waals surface area contributed by atoms with Crippen LogP contribution in [0.3, 0.4) is 0 Å². The third-order valence-corrected chi connectivity index (χ3v) is 5.79. The van der Waals surface area contributed by atoms with Crippen molar-refractivity contribution in [2.24, 2.45) is 12.5 Å². The minimum Gasteiger partial charge on any atom is -0.339 e. The summed E-state index contributed by atoms with van der Waals surface area (Å²) in [6, 6.07) is 0. The zero-order valence-electron chi connectivity index (χ0n) is 13.9. The topological polar surface area (TPSA) is 90.9 Å². The van der Waals surface area contributed by atoms with Crippen LogP contribution in [-0.4, -0.2) is 34.6 Å². The van der Waals surface area contributed by atoms with Crippen LogP contribution in [0.15, 0.2) is 15.7 Å². The van der Waals surface area contributed by atoms with Crippen LogP contribution >= 0.6 is 0 Å². The second-order valence-electron chi connectivity index (χ2n) is 7.15. The summed E-state index contributed by atoms with van der Waals surface area (Å²) < 4.78 is 30.6. The molecule has 1 aliphatic rings. The predicted octanol–water partition coefficient (Wildman–Crippen LogP) is 2.56. The van der Waals surface area contributed by atoms with Crippen LogP contribution in [-0.2, 0) is 16.9 Å². The Morgan fingerprint density at radius 2 is 1.96 bits per heavy atom. The van der Waals surface area contributed by atoms with E-state index in [1.165, 1.54) is 10.9 Å². The number of aromatic nitrogens is 4. The summed E-state index contributed by atoms with van der Waals surface area (Å²) in [7, 11) is -1.83. The van der Waals surface area contributed by atoms with Gasteiger partial charge >= 0.3 is 0 Å². The fraction of sp³-hybridized carbons (Fsp3) is 0.667. The zero-order chi connectivity index (χ0) is 16.8. The van der Waals surface area contributed by atoms with Gasteiger partial charge in [-0.2, -0.15) is 10.1 Å². The van der Waals surface area contributed by atoms with Crippen molar-refractivity contribution in [1.29, 1.82) is 0 Å². The molecule has 2 aromatic heterocycles. The largest absolute Gasteiger partial charge is 0.339 e. The van der Waals surface area contributed by atoms with Gasteiger partial charge in [0.15, 0.2) is 14.9 Å². The van der Waals surface area contributed by atoms with E-state index in [0.717, 1.165) is 31.9 Å². The Hall–Kier alpha value is -1.70. The molecule has 23 heavy (non-hydrogen) atoms. The van der Waals surface area contributed by atoms with Crippen LogP contribution in [0.4, 0.5) is 0 Å². The van der Waals surface area contributed by atoms with Gasteiger partial charge in [-0.1, -0.05) is 19.0 Å². The fourth-order valence-corrected chi connectivity index (χ4v) is 4.25. The summed E-state index contributed by atoms with van der Waals surface area (Å²) in [4.78, 5) is 4.44. The molecule has 0 N–H and O–H groups in total. The van der Waals surface area contributed by atoms with Crippen molar-refractivity contribution in [3.63, 3.8) is 0 Å². The molecule has 1 aliphatic carbocycles. The van der Waals surface area contributed by atoms with Gasteiger partial charge in [0.05, 0.1) is 11.8 Å². The highest BCUT2D eigenvalue weighted by molar-refractivity contribution is 7.90. The Labute approximate surface area is 136 Å². The van der Waals surface area contributed by atoms with Gasteiger partial charge in [-0.15, -0.1) is 0 Å². The van der Waals surface area contributed by atoms with Crippen molar-refractivity contribution in [2.75, 3.05) is 6.26 Å². The van der Waals surface area contributed by atoms with E-state index in [1.807, 2.05) is 0 Å². The number of sulfone groups is 1. The first-order valence-corrected chi connectivity index (χ1v) is 9.62. The van der Waals surface area contributed by atoms with Crippen molar-refractivity contribution in [2.45, 2.75) is 50.5 Å². The first-order chi connectivity index (χ1) is 10.7. The Balaban J connectivity index is 1.89. The molecular formula is C15H22N4O3S. The molecule has 7 nitrogen and oxygen atoms in total. The van der Waals surface area contributed by atoms with E-state index in [2.05, 4.69) is 29.1 Å². The van der Waals surface area contributed by atoms with Crippen molar-refractivity contribution >= 4 is 9.84 Å². The molecule has 0 aliphatic heterocycles. The number of rotatable bonds is 3. The van der Waals surface area contributed by atoms with E-state index in [0.29, 0.717) is 22.7 Å². The Bertz CT molecular complexity index is 810. The lowest BCUT2D eigenvalue weighted by molar-refractivity contribution is 0.202. The minimum absolute atomic E-state index is 0.106. The summed E-state index contributed by atoms with van der Waals surface area (Å²) in [5, 5.41) is 8.10. The van der Waals surface area contributed by atoms with E-state index in [-0.39, 0.29) is 10.9 Å². The molecule has 2 heterocycles. The zero-order valence-corrected chi connectivity index (χ0v) is 14.7. The normalized spacial score (nSPS) is 19.1. The molecular weight excluding hydrogens is 316 g/mol. The SMILES string of the molecule is Cn1ncc(-c2noc(C3CCC(C)(C)CC3)n2)c1S(C)(=O)=O. The summed E-state index contributed by atoms with van der Waals surface area (Å²) in [6.45, 7) is 4.55. The summed E-state index contributed by atoms with van der Waals surface area (Å²) >= 11 is 0. The average Bonchev–Trinajstić information content (AvgIpc) is 3.04. The number of hydrogen-bond donors (Lipinski definition) is 0. The van der Waals surface area contributed by atoms with Gasteiger partial charge < -0.3 is 4.52 Å². The van der Waals surface area contributed by atoms with Gasteiger partial charge in [-0.05, 0) is 31.1 Å². The third-order valence-electron chi connectivity index (χ3n) is 4.61. The predicted molar refractivity (Wildman–Crippen MR) is 84.6 cm³/mol. The quantitative estimate of drug-likeness (QED) is 0.854. The molecule has 1 saturated carbocycles. The second-order valence-corrected chi connectivity index (χ2v) is 9.08. The molecule has 0 radical (unpaired) electrons. The number of nitrogens with zero attached hydrogens (tertiary/aromatic N) is 4. The van der Waals surface area contributed by atoms with Gasteiger partial charge in [0.1, 0.15) is 0 Å². The molecule has 8 heteroatoms. The molecule has 0 atom stereocenters. The van der Waals surface area contributed by atoms with E-state index in [4.69, 9.17) is 4.52 Å². The Morgan fingerprint density at radius 1 is 1.30 bits per heavy atom. The van der Waals surface area contributed by atoms with Crippen LogP contribution in [0.1, 0.15) is 51.3 Å². The van der Waals surface area contributed by atoms with Crippen molar-refractivity contribution < 1.29 is 12.9 Å². The maximum absolute atomic E-state index is 11.9. The van der Waals surface area contributed by atoms with E-state index < -0.39 is 9.84 Å². The van der Waals surface area contributed by atoms with Crippen molar-refractivity contribution in [3.8, 4) is 11.4 Å². The second kappa shape index (κ2) is 5.43. The van der Waals surface area contributed by atoms with Crippen LogP contribution in [0.25, 0.3) is 11.4 Å². The van der Waals surface area contributed by atoms with Crippen molar-refractivity contribution in [1.82, 2.24) is 19.9 Å². The van der Waals surface area contributed by atoms with E-state index >= 15 is 0 Å². The fourth-order valence-electron chi connectivity index (χ4n) is 3.18. The molecule has 0 unspecified atom stereocenters. The number of hydrogen-bond acceptors (Lipinski definition) is 6. The highest BCUT2D eigenvalue weighted by atomic mass is 32.2. The number of aryl methyl sites for hydroxylation is 1. The summed E-state index contributed by atoms with van der Waals surface area (Å²) in [5.41, 5.74) is 0.757.